The minimum atomic E-state index is -2.71. The van der Waals surface area contributed by atoms with Gasteiger partial charge in [0, 0.05) is 11.4 Å². The minimum Gasteiger partial charge on any atom is -0.481 e. The molecule has 86 valence electrons. The molecule has 6 heteroatoms. The van der Waals surface area contributed by atoms with Crippen LogP contribution in [-0.4, -0.2) is 12.1 Å². The van der Waals surface area contributed by atoms with Crippen LogP contribution in [0.2, 0.25) is 0 Å². The molecule has 0 aliphatic rings. The Hall–Kier alpha value is -1.22. The van der Waals surface area contributed by atoms with Crippen LogP contribution < -0.4 is 4.74 Å². The molecule has 1 aromatic rings. The zero-order valence-electron chi connectivity index (χ0n) is 8.51. The molecular formula is C10H9BrF2N2O. The predicted molar refractivity (Wildman–Crippen MR) is 57.7 cm³/mol. The Morgan fingerprint density at radius 3 is 2.75 bits per heavy atom. The van der Waals surface area contributed by atoms with Crippen molar-refractivity contribution in [3.8, 4) is 11.9 Å². The summed E-state index contributed by atoms with van der Waals surface area (Å²) in [6.07, 6.45) is -2.80. The van der Waals surface area contributed by atoms with Crippen LogP contribution in [0.15, 0.2) is 6.07 Å². The number of ether oxygens (including phenoxy) is 1. The summed E-state index contributed by atoms with van der Waals surface area (Å²) >= 11 is 3.19. The van der Waals surface area contributed by atoms with Gasteiger partial charge in [0.1, 0.15) is 5.69 Å². The first-order valence-corrected chi connectivity index (χ1v) is 5.54. The Bertz CT molecular complexity index is 418. The molecule has 0 radical (unpaired) electrons. The van der Waals surface area contributed by atoms with E-state index in [1.54, 1.807) is 6.07 Å². The van der Waals surface area contributed by atoms with Gasteiger partial charge in [0.15, 0.2) is 0 Å². The highest BCUT2D eigenvalue weighted by Crippen LogP contribution is 2.28. The second kappa shape index (κ2) is 5.75. The molecule has 0 bridgehead atoms. The topological polar surface area (TPSA) is 45.9 Å². The predicted octanol–water partition coefficient (Wildman–Crippen LogP) is 2.99. The minimum absolute atomic E-state index is 0.0857. The molecule has 0 N–H and O–H groups in total. The highest BCUT2D eigenvalue weighted by Gasteiger charge is 2.19. The fraction of sp³-hybridized carbons (Fsp3) is 0.400. The van der Waals surface area contributed by atoms with Crippen molar-refractivity contribution in [3.63, 3.8) is 0 Å². The maximum Gasteiger partial charge on any atom is 0.280 e. The molecule has 16 heavy (non-hydrogen) atoms. The molecule has 0 amide bonds. The van der Waals surface area contributed by atoms with Crippen molar-refractivity contribution in [2.24, 2.45) is 0 Å². The second-order valence-corrected chi connectivity index (χ2v) is 3.52. The molecule has 0 unspecified atom stereocenters. The summed E-state index contributed by atoms with van der Waals surface area (Å²) in [6.45, 7) is 0. The van der Waals surface area contributed by atoms with E-state index in [0.29, 0.717) is 10.9 Å². The number of alkyl halides is 3. The largest absolute Gasteiger partial charge is 0.481 e. The number of halogens is 3. The average molecular weight is 291 g/mol. The fourth-order valence-corrected chi connectivity index (χ4v) is 1.81. The lowest BCUT2D eigenvalue weighted by Crippen LogP contribution is -2.04. The van der Waals surface area contributed by atoms with Crippen molar-refractivity contribution in [1.82, 2.24) is 4.98 Å². The van der Waals surface area contributed by atoms with Crippen LogP contribution in [0.4, 0.5) is 8.78 Å². The molecule has 0 aromatic carbocycles. The van der Waals surface area contributed by atoms with Gasteiger partial charge < -0.3 is 4.74 Å². The molecule has 0 aliphatic carbocycles. The quantitative estimate of drug-likeness (QED) is 0.801. The van der Waals surface area contributed by atoms with Gasteiger partial charge in [0.05, 0.1) is 19.6 Å². The molecule has 1 aromatic heterocycles. The first kappa shape index (κ1) is 12.8. The van der Waals surface area contributed by atoms with Gasteiger partial charge in [-0.2, -0.15) is 5.26 Å². The number of aromatic nitrogens is 1. The second-order valence-electron chi connectivity index (χ2n) is 2.96. The van der Waals surface area contributed by atoms with E-state index in [0.717, 1.165) is 0 Å². The van der Waals surface area contributed by atoms with Gasteiger partial charge >= 0.3 is 0 Å². The summed E-state index contributed by atoms with van der Waals surface area (Å²) in [4.78, 5) is 3.67. The van der Waals surface area contributed by atoms with Crippen molar-refractivity contribution >= 4 is 15.9 Å². The molecule has 1 heterocycles. The van der Waals surface area contributed by atoms with Gasteiger partial charge in [-0.05, 0) is 11.1 Å². The van der Waals surface area contributed by atoms with Crippen LogP contribution in [0.3, 0.4) is 0 Å². The third-order valence-electron chi connectivity index (χ3n) is 2.04. The molecular weight excluding hydrogens is 282 g/mol. The van der Waals surface area contributed by atoms with Gasteiger partial charge in [-0.1, -0.05) is 15.9 Å². The Kier molecular flexibility index (Phi) is 4.62. The zero-order chi connectivity index (χ0) is 12.1. The van der Waals surface area contributed by atoms with Crippen molar-refractivity contribution in [1.29, 1.82) is 5.26 Å². The van der Waals surface area contributed by atoms with Gasteiger partial charge in [0.2, 0.25) is 5.88 Å². The lowest BCUT2D eigenvalue weighted by molar-refractivity contribution is 0.144. The average Bonchev–Trinajstić information content (AvgIpc) is 2.29. The lowest BCUT2D eigenvalue weighted by atomic mass is 10.0. The van der Waals surface area contributed by atoms with Gasteiger partial charge in [-0.15, -0.1) is 0 Å². The van der Waals surface area contributed by atoms with E-state index < -0.39 is 6.43 Å². The zero-order valence-corrected chi connectivity index (χ0v) is 10.1. The summed E-state index contributed by atoms with van der Waals surface area (Å²) < 4.78 is 30.3. The monoisotopic (exact) mass is 290 g/mol. The molecule has 3 nitrogen and oxygen atoms in total. The Morgan fingerprint density at radius 1 is 1.62 bits per heavy atom. The van der Waals surface area contributed by atoms with Crippen molar-refractivity contribution in [3.05, 3.63) is 22.9 Å². The SMILES string of the molecule is COc1cc(CBr)c(CC#N)c(C(F)F)n1. The molecule has 0 aliphatic heterocycles. The third-order valence-corrected chi connectivity index (χ3v) is 2.64. The number of methoxy groups -OCH3 is 1. The Labute approximate surface area is 100 Å². The maximum atomic E-state index is 12.7. The van der Waals surface area contributed by atoms with Gasteiger partial charge in [-0.25, -0.2) is 13.8 Å². The summed E-state index contributed by atoms with van der Waals surface area (Å²) in [5.74, 6) is 0.131. The van der Waals surface area contributed by atoms with Crippen LogP contribution in [0, 0.1) is 11.3 Å². The van der Waals surface area contributed by atoms with Crippen LogP contribution in [0.1, 0.15) is 23.2 Å². The van der Waals surface area contributed by atoms with E-state index in [4.69, 9.17) is 10.00 Å². The van der Waals surface area contributed by atoms with E-state index in [1.165, 1.54) is 7.11 Å². The lowest BCUT2D eigenvalue weighted by Gasteiger charge is -2.11. The number of rotatable bonds is 4. The highest BCUT2D eigenvalue weighted by atomic mass is 79.9. The van der Waals surface area contributed by atoms with E-state index in [-0.39, 0.29) is 23.6 Å². The van der Waals surface area contributed by atoms with E-state index in [9.17, 15) is 8.78 Å². The number of nitriles is 1. The number of nitrogens with zero attached hydrogens (tertiary/aromatic N) is 2. The standard InChI is InChI=1S/C10H9BrF2N2O/c1-16-8-4-6(5-11)7(2-3-14)9(15-8)10(12)13/h4,10H,2,5H2,1H3. The summed E-state index contributed by atoms with van der Waals surface area (Å²) in [6, 6.07) is 3.41. The highest BCUT2D eigenvalue weighted by molar-refractivity contribution is 9.08. The van der Waals surface area contributed by atoms with Gasteiger partial charge in [-0.3, -0.25) is 0 Å². The van der Waals surface area contributed by atoms with E-state index >= 15 is 0 Å². The molecule has 0 atom stereocenters. The third kappa shape index (κ3) is 2.67. The first-order valence-electron chi connectivity index (χ1n) is 4.41. The van der Waals surface area contributed by atoms with Gasteiger partial charge in [0.25, 0.3) is 6.43 Å². The van der Waals surface area contributed by atoms with E-state index in [2.05, 4.69) is 20.9 Å². The Morgan fingerprint density at radius 2 is 2.31 bits per heavy atom. The number of hydrogen-bond acceptors (Lipinski definition) is 3. The molecule has 0 saturated heterocycles. The van der Waals surface area contributed by atoms with E-state index in [1.807, 2.05) is 6.07 Å². The first-order chi connectivity index (χ1) is 7.63. The molecule has 0 spiro atoms. The fourth-order valence-electron chi connectivity index (χ4n) is 1.31. The number of hydrogen-bond donors (Lipinski definition) is 0. The van der Waals surface area contributed by atoms with Crippen LogP contribution in [0.5, 0.6) is 5.88 Å². The number of pyridine rings is 1. The van der Waals surface area contributed by atoms with Crippen molar-refractivity contribution in [2.45, 2.75) is 18.2 Å². The van der Waals surface area contributed by atoms with Crippen LogP contribution in [0.25, 0.3) is 0 Å². The van der Waals surface area contributed by atoms with Crippen molar-refractivity contribution in [2.75, 3.05) is 7.11 Å². The molecule has 0 fully saturated rings. The molecule has 0 saturated carbocycles. The summed E-state index contributed by atoms with van der Waals surface area (Å²) in [5, 5.41) is 8.98. The smallest absolute Gasteiger partial charge is 0.280 e. The Balaban J connectivity index is 3.36. The normalized spacial score (nSPS) is 10.2. The van der Waals surface area contributed by atoms with Crippen LogP contribution >= 0.6 is 15.9 Å². The van der Waals surface area contributed by atoms with Crippen molar-refractivity contribution < 1.29 is 13.5 Å². The summed E-state index contributed by atoms with van der Waals surface area (Å²) in [7, 11) is 1.36. The van der Waals surface area contributed by atoms with Crippen LogP contribution in [-0.2, 0) is 11.8 Å². The molecule has 1 rings (SSSR count). The maximum absolute atomic E-state index is 12.7. The summed E-state index contributed by atoms with van der Waals surface area (Å²) in [5.41, 5.74) is 0.495.